The first-order chi connectivity index (χ1) is 6.45. The molecule has 0 aromatic heterocycles. The summed E-state index contributed by atoms with van der Waals surface area (Å²) in [7, 11) is 0. The van der Waals surface area contributed by atoms with Gasteiger partial charge >= 0.3 is 6.18 Å². The smallest absolute Gasteiger partial charge is 0.411 e. The van der Waals surface area contributed by atoms with Gasteiger partial charge in [0.1, 0.15) is 0 Å². The quantitative estimate of drug-likeness (QED) is 0.398. The van der Waals surface area contributed by atoms with Crippen LogP contribution >= 0.6 is 0 Å². The summed E-state index contributed by atoms with van der Waals surface area (Å²) in [6, 6.07) is 0. The summed E-state index contributed by atoms with van der Waals surface area (Å²) in [6.07, 6.45) is -1.34. The Morgan fingerprint density at radius 3 is 2.64 bits per heavy atom. The molecule has 0 saturated carbocycles. The molecular formula is C9H10F3NO. The Bertz CT molecular complexity index is 313. The predicted octanol–water partition coefficient (Wildman–Crippen LogP) is 3.05. The SMILES string of the molecule is C/C(=N\O)C1=CC(C(F)(F)F)=CCC1. The Morgan fingerprint density at radius 1 is 1.50 bits per heavy atom. The van der Waals surface area contributed by atoms with E-state index < -0.39 is 11.7 Å². The first-order valence-corrected chi connectivity index (χ1v) is 4.12. The minimum Gasteiger partial charge on any atom is -0.411 e. The van der Waals surface area contributed by atoms with Crippen molar-refractivity contribution in [2.75, 3.05) is 0 Å². The summed E-state index contributed by atoms with van der Waals surface area (Å²) in [6.45, 7) is 1.48. The third-order valence-corrected chi connectivity index (χ3v) is 2.05. The Kier molecular flexibility index (Phi) is 2.98. The van der Waals surface area contributed by atoms with Crippen LogP contribution in [0, 0.1) is 0 Å². The first-order valence-electron chi connectivity index (χ1n) is 4.12. The maximum absolute atomic E-state index is 12.3. The molecule has 0 bridgehead atoms. The molecule has 0 aromatic rings. The average molecular weight is 205 g/mol. The molecule has 1 aliphatic rings. The standard InChI is InChI=1S/C9H10F3NO/c1-6(13-14)7-3-2-4-8(5-7)9(10,11)12/h4-5,14H,2-3H2,1H3/b13-6+. The third-order valence-electron chi connectivity index (χ3n) is 2.05. The van der Waals surface area contributed by atoms with Crippen molar-refractivity contribution in [1.29, 1.82) is 0 Å². The summed E-state index contributed by atoms with van der Waals surface area (Å²) < 4.78 is 36.8. The van der Waals surface area contributed by atoms with Crippen molar-refractivity contribution in [3.63, 3.8) is 0 Å². The molecular weight excluding hydrogens is 195 g/mol. The van der Waals surface area contributed by atoms with E-state index in [4.69, 9.17) is 5.21 Å². The zero-order valence-electron chi connectivity index (χ0n) is 7.60. The molecule has 0 saturated heterocycles. The first kappa shape index (κ1) is 10.8. The van der Waals surface area contributed by atoms with E-state index in [1.165, 1.54) is 6.92 Å². The van der Waals surface area contributed by atoms with Gasteiger partial charge in [0.2, 0.25) is 0 Å². The van der Waals surface area contributed by atoms with Crippen LogP contribution in [0.3, 0.4) is 0 Å². The Morgan fingerprint density at radius 2 is 2.14 bits per heavy atom. The van der Waals surface area contributed by atoms with Crippen molar-refractivity contribution in [1.82, 2.24) is 0 Å². The van der Waals surface area contributed by atoms with Crippen LogP contribution in [0.5, 0.6) is 0 Å². The lowest BCUT2D eigenvalue weighted by atomic mass is 9.96. The summed E-state index contributed by atoms with van der Waals surface area (Å²) in [5, 5.41) is 11.3. The number of oxime groups is 1. The van der Waals surface area contributed by atoms with E-state index in [0.717, 1.165) is 12.2 Å². The largest absolute Gasteiger partial charge is 0.416 e. The normalized spacial score (nSPS) is 19.0. The molecule has 1 N–H and O–H groups in total. The highest BCUT2D eigenvalue weighted by Gasteiger charge is 2.33. The second-order valence-corrected chi connectivity index (χ2v) is 3.05. The molecule has 78 valence electrons. The van der Waals surface area contributed by atoms with Gasteiger partial charge in [0, 0.05) is 0 Å². The van der Waals surface area contributed by atoms with Gasteiger partial charge in [-0.2, -0.15) is 13.2 Å². The molecule has 2 nitrogen and oxygen atoms in total. The van der Waals surface area contributed by atoms with Crippen molar-refractivity contribution in [3.8, 4) is 0 Å². The van der Waals surface area contributed by atoms with Crippen LogP contribution in [-0.2, 0) is 0 Å². The number of hydrogen-bond donors (Lipinski definition) is 1. The highest BCUT2D eigenvalue weighted by atomic mass is 19.4. The molecule has 5 heteroatoms. The van der Waals surface area contributed by atoms with Crippen molar-refractivity contribution < 1.29 is 18.4 Å². The van der Waals surface area contributed by atoms with E-state index in [0.29, 0.717) is 18.4 Å². The van der Waals surface area contributed by atoms with Crippen LogP contribution in [0.15, 0.2) is 28.5 Å². The molecule has 0 spiro atoms. The molecule has 0 fully saturated rings. The molecule has 0 aliphatic heterocycles. The predicted molar refractivity (Wildman–Crippen MR) is 46.4 cm³/mol. The van der Waals surface area contributed by atoms with Gasteiger partial charge in [-0.15, -0.1) is 0 Å². The fraction of sp³-hybridized carbons (Fsp3) is 0.444. The minimum absolute atomic E-state index is 0.236. The number of nitrogens with zero attached hydrogens (tertiary/aromatic N) is 1. The fourth-order valence-corrected chi connectivity index (χ4v) is 1.25. The van der Waals surface area contributed by atoms with Gasteiger partial charge < -0.3 is 5.21 Å². The molecule has 14 heavy (non-hydrogen) atoms. The van der Waals surface area contributed by atoms with Gasteiger partial charge in [0.25, 0.3) is 0 Å². The van der Waals surface area contributed by atoms with Crippen LogP contribution < -0.4 is 0 Å². The summed E-state index contributed by atoms with van der Waals surface area (Å²) in [5.41, 5.74) is 0.00363. The number of hydrogen-bond acceptors (Lipinski definition) is 2. The lowest BCUT2D eigenvalue weighted by Gasteiger charge is -2.15. The minimum atomic E-state index is -4.32. The molecule has 0 atom stereocenters. The molecule has 0 heterocycles. The van der Waals surface area contributed by atoms with Crippen LogP contribution in [0.4, 0.5) is 13.2 Å². The van der Waals surface area contributed by atoms with Gasteiger partial charge in [-0.1, -0.05) is 11.2 Å². The summed E-state index contributed by atoms with van der Waals surface area (Å²) in [5.74, 6) is 0. The van der Waals surface area contributed by atoms with E-state index in [1.807, 2.05) is 0 Å². The molecule has 0 radical (unpaired) electrons. The fourth-order valence-electron chi connectivity index (χ4n) is 1.25. The molecule has 1 rings (SSSR count). The van der Waals surface area contributed by atoms with Crippen LogP contribution in [0.25, 0.3) is 0 Å². The van der Waals surface area contributed by atoms with Crippen LogP contribution in [0.2, 0.25) is 0 Å². The monoisotopic (exact) mass is 205 g/mol. The van der Waals surface area contributed by atoms with Gasteiger partial charge in [-0.3, -0.25) is 0 Å². The van der Waals surface area contributed by atoms with Crippen molar-refractivity contribution in [2.45, 2.75) is 25.9 Å². The maximum atomic E-state index is 12.3. The van der Waals surface area contributed by atoms with Crippen LogP contribution in [0.1, 0.15) is 19.8 Å². The van der Waals surface area contributed by atoms with Gasteiger partial charge in [0.15, 0.2) is 0 Å². The molecule has 0 aromatic carbocycles. The molecule has 1 aliphatic carbocycles. The number of halogens is 3. The number of alkyl halides is 3. The second kappa shape index (κ2) is 3.86. The lowest BCUT2D eigenvalue weighted by molar-refractivity contribution is -0.0886. The number of rotatable bonds is 1. The highest BCUT2D eigenvalue weighted by molar-refractivity contribution is 5.98. The van der Waals surface area contributed by atoms with Gasteiger partial charge in [-0.05, 0) is 31.4 Å². The average Bonchev–Trinajstić information content (AvgIpc) is 2.15. The van der Waals surface area contributed by atoms with E-state index in [1.54, 1.807) is 0 Å². The zero-order valence-corrected chi connectivity index (χ0v) is 7.60. The summed E-state index contributed by atoms with van der Waals surface area (Å²) in [4.78, 5) is 0. The number of allylic oxidation sites excluding steroid dienone is 4. The van der Waals surface area contributed by atoms with E-state index in [2.05, 4.69) is 5.16 Å². The topological polar surface area (TPSA) is 32.6 Å². The molecule has 0 amide bonds. The third kappa shape index (κ3) is 2.37. The highest BCUT2D eigenvalue weighted by Crippen LogP contribution is 2.31. The van der Waals surface area contributed by atoms with Gasteiger partial charge in [0.05, 0.1) is 11.3 Å². The second-order valence-electron chi connectivity index (χ2n) is 3.05. The Labute approximate surface area is 79.4 Å². The summed E-state index contributed by atoms with van der Waals surface area (Å²) >= 11 is 0. The van der Waals surface area contributed by atoms with E-state index in [-0.39, 0.29) is 5.71 Å². The molecule has 0 unspecified atom stereocenters. The van der Waals surface area contributed by atoms with Crippen molar-refractivity contribution >= 4 is 5.71 Å². The van der Waals surface area contributed by atoms with Gasteiger partial charge in [-0.25, -0.2) is 0 Å². The lowest BCUT2D eigenvalue weighted by Crippen LogP contribution is -2.14. The van der Waals surface area contributed by atoms with Crippen molar-refractivity contribution in [2.24, 2.45) is 5.16 Å². The zero-order chi connectivity index (χ0) is 10.8. The Balaban J connectivity index is 2.94. The maximum Gasteiger partial charge on any atom is 0.416 e. The van der Waals surface area contributed by atoms with E-state index >= 15 is 0 Å². The van der Waals surface area contributed by atoms with Crippen LogP contribution in [-0.4, -0.2) is 17.1 Å². The van der Waals surface area contributed by atoms with Crippen molar-refractivity contribution in [3.05, 3.63) is 23.3 Å². The Hall–Kier alpha value is -1.26. The van der Waals surface area contributed by atoms with E-state index in [9.17, 15) is 13.2 Å².